The van der Waals surface area contributed by atoms with Crippen LogP contribution in [-0.4, -0.2) is 53.8 Å². The molecule has 2 aliphatic rings. The van der Waals surface area contributed by atoms with Crippen LogP contribution < -0.4 is 0 Å². The fraction of sp³-hybridized carbons (Fsp3) is 0.273. The minimum Gasteiger partial charge on any atom is -0.379 e. The number of aryl methyl sites for hydroxylation is 1. The van der Waals surface area contributed by atoms with Gasteiger partial charge in [0.2, 0.25) is 0 Å². The van der Waals surface area contributed by atoms with Crippen LogP contribution in [0.5, 0.6) is 0 Å². The summed E-state index contributed by atoms with van der Waals surface area (Å²) >= 11 is 1.44. The lowest BCUT2D eigenvalue weighted by atomic mass is 10.2. The predicted molar refractivity (Wildman–Crippen MR) is 114 cm³/mol. The van der Waals surface area contributed by atoms with Gasteiger partial charge < -0.3 is 4.74 Å². The molecular weight excluding hydrogens is 370 g/mol. The average molecular weight is 394 g/mol. The molecule has 6 heteroatoms. The number of carbonyl (C=O) groups excluding carboxylic acids is 1. The lowest BCUT2D eigenvalue weighted by Gasteiger charge is -2.30. The summed E-state index contributed by atoms with van der Waals surface area (Å²) in [6.07, 6.45) is 1.94. The maximum atomic E-state index is 13.1. The molecule has 5 nitrogen and oxygen atoms in total. The van der Waals surface area contributed by atoms with Gasteiger partial charge in [0, 0.05) is 13.1 Å². The third kappa shape index (κ3) is 4.52. The maximum absolute atomic E-state index is 13.1. The van der Waals surface area contributed by atoms with Gasteiger partial charge in [-0.1, -0.05) is 48.0 Å². The van der Waals surface area contributed by atoms with Crippen molar-refractivity contribution in [2.24, 2.45) is 4.99 Å². The van der Waals surface area contributed by atoms with Crippen LogP contribution in [0.3, 0.4) is 0 Å². The Kier molecular flexibility index (Phi) is 5.90. The normalized spacial score (nSPS) is 21.0. The molecule has 2 aromatic carbocycles. The van der Waals surface area contributed by atoms with Gasteiger partial charge in [0.05, 0.1) is 30.5 Å². The molecule has 2 heterocycles. The van der Waals surface area contributed by atoms with Crippen molar-refractivity contribution < 1.29 is 9.53 Å². The molecule has 0 aromatic heterocycles. The molecule has 28 heavy (non-hydrogen) atoms. The second-order valence-corrected chi connectivity index (χ2v) is 7.87. The number of rotatable bonds is 4. The van der Waals surface area contributed by atoms with E-state index in [9.17, 15) is 4.79 Å². The molecule has 0 unspecified atom stereocenters. The van der Waals surface area contributed by atoms with E-state index in [0.717, 1.165) is 29.5 Å². The van der Waals surface area contributed by atoms with Gasteiger partial charge in [-0.15, -0.1) is 0 Å². The fourth-order valence-corrected chi connectivity index (χ4v) is 4.08. The highest BCUT2D eigenvalue weighted by Crippen LogP contribution is 2.34. The summed E-state index contributed by atoms with van der Waals surface area (Å²) in [7, 11) is 0. The molecule has 2 aromatic rings. The monoisotopic (exact) mass is 393 g/mol. The van der Waals surface area contributed by atoms with E-state index < -0.39 is 0 Å². The first kappa shape index (κ1) is 18.9. The highest BCUT2D eigenvalue weighted by Gasteiger charge is 2.34. The second kappa shape index (κ2) is 8.73. The third-order valence-electron chi connectivity index (χ3n) is 4.69. The molecule has 0 bridgehead atoms. The van der Waals surface area contributed by atoms with E-state index in [1.54, 1.807) is 4.90 Å². The predicted octanol–water partition coefficient (Wildman–Crippen LogP) is 3.89. The Balaban J connectivity index is 1.63. The molecule has 0 spiro atoms. The smallest absolute Gasteiger partial charge is 0.267 e. The van der Waals surface area contributed by atoms with Crippen molar-refractivity contribution >= 4 is 34.6 Å². The first-order valence-corrected chi connectivity index (χ1v) is 10.2. The number of hydrogen-bond donors (Lipinski definition) is 0. The summed E-state index contributed by atoms with van der Waals surface area (Å²) in [5, 5.41) is 0.725. The van der Waals surface area contributed by atoms with Crippen LogP contribution in [0.2, 0.25) is 0 Å². The summed E-state index contributed by atoms with van der Waals surface area (Å²) in [6, 6.07) is 18.0. The van der Waals surface area contributed by atoms with E-state index in [2.05, 4.69) is 11.8 Å². The number of amidine groups is 1. The van der Waals surface area contributed by atoms with Gasteiger partial charge in [-0.3, -0.25) is 14.6 Å². The van der Waals surface area contributed by atoms with Crippen molar-refractivity contribution in [2.45, 2.75) is 6.92 Å². The molecule has 144 valence electrons. The van der Waals surface area contributed by atoms with E-state index in [4.69, 9.17) is 9.73 Å². The van der Waals surface area contributed by atoms with Crippen molar-refractivity contribution in [3.8, 4) is 0 Å². The first-order chi connectivity index (χ1) is 13.7. The number of thioether (sulfide) groups is 1. The standard InChI is InChI=1S/C22H23N3O2S/c1-17-7-9-19(10-8-17)23-22-25(16-24-11-13-27-14-12-24)21(26)20(28-22)15-18-5-3-2-4-6-18/h2-10,15H,11-14,16H2,1H3/b20-15-,23-22?. The van der Waals surface area contributed by atoms with Gasteiger partial charge in [-0.2, -0.15) is 0 Å². The zero-order chi connectivity index (χ0) is 19.3. The summed E-state index contributed by atoms with van der Waals surface area (Å²) in [6.45, 7) is 5.63. The summed E-state index contributed by atoms with van der Waals surface area (Å²) < 4.78 is 5.43. The molecule has 2 aliphatic heterocycles. The van der Waals surface area contributed by atoms with Crippen molar-refractivity contribution in [1.29, 1.82) is 0 Å². The summed E-state index contributed by atoms with van der Waals surface area (Å²) in [5.41, 5.74) is 3.06. The number of morpholine rings is 1. The van der Waals surface area contributed by atoms with E-state index in [-0.39, 0.29) is 5.91 Å². The lowest BCUT2D eigenvalue weighted by molar-refractivity contribution is -0.124. The molecule has 2 fully saturated rings. The molecule has 0 atom stereocenters. The fourth-order valence-electron chi connectivity index (χ4n) is 3.09. The van der Waals surface area contributed by atoms with Crippen LogP contribution in [0.25, 0.3) is 6.08 Å². The molecule has 0 N–H and O–H groups in total. The van der Waals surface area contributed by atoms with Crippen LogP contribution in [0.15, 0.2) is 64.5 Å². The van der Waals surface area contributed by atoms with Crippen molar-refractivity contribution in [2.75, 3.05) is 33.0 Å². The van der Waals surface area contributed by atoms with Gasteiger partial charge >= 0.3 is 0 Å². The number of amides is 1. The SMILES string of the molecule is Cc1ccc(N=C2S/C(=C\c3ccccc3)C(=O)N2CN2CCOCC2)cc1. The van der Waals surface area contributed by atoms with Gasteiger partial charge in [0.25, 0.3) is 5.91 Å². The Morgan fingerprint density at radius 1 is 1.07 bits per heavy atom. The maximum Gasteiger partial charge on any atom is 0.267 e. The average Bonchev–Trinajstić information content (AvgIpc) is 3.00. The second-order valence-electron chi connectivity index (χ2n) is 6.86. The minimum atomic E-state index is 0.00575. The first-order valence-electron chi connectivity index (χ1n) is 9.41. The number of nitrogens with zero attached hydrogens (tertiary/aromatic N) is 3. The van der Waals surface area contributed by atoms with Crippen molar-refractivity contribution in [3.05, 3.63) is 70.6 Å². The van der Waals surface area contributed by atoms with Gasteiger partial charge in [0.15, 0.2) is 5.17 Å². The number of ether oxygens (including phenoxy) is 1. The molecule has 0 aliphatic carbocycles. The Hall–Kier alpha value is -2.41. The number of benzene rings is 2. The largest absolute Gasteiger partial charge is 0.379 e. The highest BCUT2D eigenvalue weighted by atomic mass is 32.2. The molecular formula is C22H23N3O2S. The summed E-state index contributed by atoms with van der Waals surface area (Å²) in [5.74, 6) is 0.00575. The third-order valence-corrected chi connectivity index (χ3v) is 5.70. The van der Waals surface area contributed by atoms with Crippen LogP contribution in [0.1, 0.15) is 11.1 Å². The minimum absolute atomic E-state index is 0.00575. The Morgan fingerprint density at radius 2 is 1.79 bits per heavy atom. The molecule has 0 saturated carbocycles. The number of hydrogen-bond acceptors (Lipinski definition) is 5. The quantitative estimate of drug-likeness (QED) is 0.740. The van der Waals surface area contributed by atoms with Crippen LogP contribution in [0.4, 0.5) is 5.69 Å². The van der Waals surface area contributed by atoms with Gasteiger partial charge in [-0.25, -0.2) is 4.99 Å². The Labute approximate surface area is 169 Å². The van der Waals surface area contributed by atoms with Crippen molar-refractivity contribution in [1.82, 2.24) is 9.80 Å². The van der Waals surface area contributed by atoms with Crippen LogP contribution in [0, 0.1) is 6.92 Å². The number of carbonyl (C=O) groups is 1. The topological polar surface area (TPSA) is 45.1 Å². The van der Waals surface area contributed by atoms with E-state index in [1.807, 2.05) is 60.7 Å². The molecule has 1 amide bonds. The van der Waals surface area contributed by atoms with Gasteiger partial charge in [0.1, 0.15) is 0 Å². The number of aliphatic imine (C=N–C) groups is 1. The molecule has 0 radical (unpaired) electrons. The van der Waals surface area contributed by atoms with Crippen molar-refractivity contribution in [3.63, 3.8) is 0 Å². The van der Waals surface area contributed by atoms with E-state index in [0.29, 0.717) is 24.8 Å². The molecule has 2 saturated heterocycles. The highest BCUT2D eigenvalue weighted by molar-refractivity contribution is 8.18. The van der Waals surface area contributed by atoms with E-state index in [1.165, 1.54) is 17.3 Å². The lowest BCUT2D eigenvalue weighted by Crippen LogP contribution is -2.45. The zero-order valence-corrected chi connectivity index (χ0v) is 16.7. The van der Waals surface area contributed by atoms with Crippen LogP contribution in [-0.2, 0) is 9.53 Å². The Morgan fingerprint density at radius 3 is 2.50 bits per heavy atom. The van der Waals surface area contributed by atoms with Gasteiger partial charge in [-0.05, 0) is 42.5 Å². The Bertz CT molecular complexity index is 888. The van der Waals surface area contributed by atoms with E-state index >= 15 is 0 Å². The molecule has 4 rings (SSSR count). The summed E-state index contributed by atoms with van der Waals surface area (Å²) in [4.78, 5) is 22.6. The van der Waals surface area contributed by atoms with Crippen LogP contribution >= 0.6 is 11.8 Å². The zero-order valence-electron chi connectivity index (χ0n) is 15.9.